The molecule has 9 rings (SSSR count). The van der Waals surface area contributed by atoms with E-state index in [1.807, 2.05) is 12.1 Å². The zero-order valence-electron chi connectivity index (χ0n) is 25.0. The smallest absolute Gasteiger partial charge is 0.336 e. The van der Waals surface area contributed by atoms with Gasteiger partial charge in [-0.2, -0.15) is 0 Å². The molecule has 3 aromatic heterocycles. The third kappa shape index (κ3) is 5.19. The summed E-state index contributed by atoms with van der Waals surface area (Å²) in [5.74, 6) is 0.972. The maximum Gasteiger partial charge on any atom is 0.336 e. The summed E-state index contributed by atoms with van der Waals surface area (Å²) >= 11 is 13.0. The molecule has 45 heavy (non-hydrogen) atoms. The van der Waals surface area contributed by atoms with E-state index >= 15 is 0 Å². The second-order valence-electron chi connectivity index (χ2n) is 13.4. The lowest BCUT2D eigenvalue weighted by Crippen LogP contribution is -2.50. The van der Waals surface area contributed by atoms with Crippen LogP contribution in [-0.4, -0.2) is 37.9 Å². The molecule has 0 saturated heterocycles. The van der Waals surface area contributed by atoms with Gasteiger partial charge in [0.2, 0.25) is 0 Å². The molecule has 3 heterocycles. The Morgan fingerprint density at radius 2 is 1.67 bits per heavy atom. The van der Waals surface area contributed by atoms with Crippen LogP contribution in [-0.2, 0) is 16.8 Å². The van der Waals surface area contributed by atoms with Gasteiger partial charge in [0.25, 0.3) is 0 Å². The lowest BCUT2D eigenvalue weighted by atomic mass is 9.57. The SMILES string of the molecule is O=C(O)c1ccc(OC2CCCC2)c2nc(C34CCC(OCc5c(-c6c(Cl)cncc6Cl)noc5C5CC5)(CC3)CC4)ccc12. The fraction of sp³-hybridized carbons (Fsp3) is 0.486. The highest BCUT2D eigenvalue weighted by Crippen LogP contribution is 2.56. The third-order valence-corrected chi connectivity index (χ3v) is 11.3. The normalized spacial score (nSPS) is 24.8. The number of hydrogen-bond donors (Lipinski definition) is 1. The van der Waals surface area contributed by atoms with Gasteiger partial charge in [-0.15, -0.1) is 0 Å². The zero-order chi connectivity index (χ0) is 30.8. The Kier molecular flexibility index (Phi) is 7.30. The number of aromatic carboxylic acids is 1. The minimum Gasteiger partial charge on any atom is -0.488 e. The van der Waals surface area contributed by atoms with Crippen LogP contribution in [0.25, 0.3) is 22.2 Å². The van der Waals surface area contributed by atoms with Gasteiger partial charge in [0.05, 0.1) is 33.9 Å². The summed E-state index contributed by atoms with van der Waals surface area (Å²) in [6, 6.07) is 7.42. The van der Waals surface area contributed by atoms with Crippen LogP contribution in [0.5, 0.6) is 5.75 Å². The van der Waals surface area contributed by atoms with Gasteiger partial charge in [-0.25, -0.2) is 9.78 Å². The molecule has 4 aromatic rings. The van der Waals surface area contributed by atoms with E-state index < -0.39 is 5.97 Å². The fourth-order valence-electron chi connectivity index (χ4n) is 7.89. The number of hydrogen-bond acceptors (Lipinski definition) is 7. The third-order valence-electron chi connectivity index (χ3n) is 10.7. The number of carbonyl (C=O) groups is 1. The first-order valence-electron chi connectivity index (χ1n) is 16.1. The number of nitrogens with zero attached hydrogens (tertiary/aromatic N) is 3. The second-order valence-corrected chi connectivity index (χ2v) is 14.2. The van der Waals surface area contributed by atoms with E-state index in [0.29, 0.717) is 50.5 Å². The monoisotopic (exact) mass is 647 g/mol. The number of pyridine rings is 2. The Balaban J connectivity index is 1.05. The van der Waals surface area contributed by atoms with Gasteiger partial charge in [-0.3, -0.25) is 4.98 Å². The molecule has 0 atom stereocenters. The van der Waals surface area contributed by atoms with Gasteiger partial charge < -0.3 is 19.1 Å². The lowest BCUT2D eigenvalue weighted by molar-refractivity contribution is -0.127. The summed E-state index contributed by atoms with van der Waals surface area (Å²) in [5.41, 5.74) is 3.86. The highest BCUT2D eigenvalue weighted by molar-refractivity contribution is 6.38. The molecule has 5 aliphatic carbocycles. The molecule has 0 unspecified atom stereocenters. The first-order chi connectivity index (χ1) is 21.8. The van der Waals surface area contributed by atoms with Crippen LogP contribution in [0.4, 0.5) is 0 Å². The molecule has 0 amide bonds. The molecule has 0 spiro atoms. The fourth-order valence-corrected chi connectivity index (χ4v) is 8.44. The molecular formula is C35H35Cl2N3O5. The van der Waals surface area contributed by atoms with Crippen LogP contribution in [0, 0.1) is 0 Å². The van der Waals surface area contributed by atoms with Crippen molar-refractivity contribution in [3.63, 3.8) is 0 Å². The molecular weight excluding hydrogens is 613 g/mol. The summed E-state index contributed by atoms with van der Waals surface area (Å²) in [6.45, 7) is 0.390. The van der Waals surface area contributed by atoms with Crippen LogP contribution in [0.15, 0.2) is 41.2 Å². The molecule has 0 radical (unpaired) electrons. The number of rotatable bonds is 9. The Morgan fingerprint density at radius 1 is 0.956 bits per heavy atom. The Hall–Kier alpha value is -3.20. The minimum absolute atomic E-state index is 0.0667. The molecule has 234 valence electrons. The molecule has 0 aliphatic heterocycles. The maximum absolute atomic E-state index is 12.1. The quantitative estimate of drug-likeness (QED) is 0.192. The van der Waals surface area contributed by atoms with Crippen molar-refractivity contribution in [3.05, 3.63) is 69.3 Å². The van der Waals surface area contributed by atoms with E-state index in [1.165, 1.54) is 0 Å². The second kappa shape index (κ2) is 11.2. The first kappa shape index (κ1) is 29.2. The van der Waals surface area contributed by atoms with Crippen LogP contribution in [0.2, 0.25) is 10.0 Å². The largest absolute Gasteiger partial charge is 0.488 e. The van der Waals surface area contributed by atoms with E-state index in [2.05, 4.69) is 10.1 Å². The molecule has 1 N–H and O–H groups in total. The van der Waals surface area contributed by atoms with E-state index in [1.54, 1.807) is 24.5 Å². The molecule has 5 aliphatic rings. The van der Waals surface area contributed by atoms with E-state index in [4.69, 9.17) is 42.2 Å². The molecule has 8 nitrogen and oxygen atoms in total. The number of carboxylic acids is 1. The van der Waals surface area contributed by atoms with Gasteiger partial charge in [0, 0.05) is 45.9 Å². The number of benzene rings is 1. The van der Waals surface area contributed by atoms with Crippen LogP contribution >= 0.6 is 23.2 Å². The van der Waals surface area contributed by atoms with Gasteiger partial charge in [-0.1, -0.05) is 28.4 Å². The standard InChI is InChI=1S/C35H35Cl2N3O5/c36-25-17-38-18-26(37)29(25)31-24(32(45-40-31)20-5-6-20)19-43-35-14-11-34(12-15-35,13-16-35)28-10-8-22-23(33(41)42)7-9-27(30(22)39-28)44-21-3-1-2-4-21/h7-10,17-18,20-21H,1-6,11-16,19H2,(H,41,42). The van der Waals surface area contributed by atoms with Crippen LogP contribution < -0.4 is 4.74 Å². The van der Waals surface area contributed by atoms with Crippen molar-refractivity contribution >= 4 is 40.1 Å². The Labute approximate surface area is 271 Å². The van der Waals surface area contributed by atoms with Crippen molar-refractivity contribution < 1.29 is 23.9 Å². The summed E-state index contributed by atoms with van der Waals surface area (Å²) in [7, 11) is 0. The minimum atomic E-state index is -0.952. The van der Waals surface area contributed by atoms with Gasteiger partial charge in [0.1, 0.15) is 22.7 Å². The number of fused-ring (bicyclic) bond motifs is 4. The van der Waals surface area contributed by atoms with Crippen molar-refractivity contribution in [3.8, 4) is 17.0 Å². The predicted molar refractivity (Wildman–Crippen MR) is 170 cm³/mol. The van der Waals surface area contributed by atoms with Crippen molar-refractivity contribution in [2.75, 3.05) is 0 Å². The Bertz CT molecular complexity index is 1750. The molecule has 10 heteroatoms. The Morgan fingerprint density at radius 3 is 2.33 bits per heavy atom. The molecule has 5 fully saturated rings. The summed E-state index contributed by atoms with van der Waals surface area (Å²) < 4.78 is 19.1. The number of halogens is 2. The zero-order valence-corrected chi connectivity index (χ0v) is 26.5. The maximum atomic E-state index is 12.1. The number of aromatic nitrogens is 3. The lowest BCUT2D eigenvalue weighted by Gasteiger charge is -2.53. The van der Waals surface area contributed by atoms with Crippen molar-refractivity contribution in [1.29, 1.82) is 0 Å². The summed E-state index contributed by atoms with van der Waals surface area (Å²) in [4.78, 5) is 21.3. The number of carboxylic acid groups (broad SMARTS) is 1. The van der Waals surface area contributed by atoms with Crippen LogP contribution in [0.1, 0.15) is 110 Å². The van der Waals surface area contributed by atoms with Gasteiger partial charge in [-0.05, 0) is 101 Å². The van der Waals surface area contributed by atoms with Crippen LogP contribution in [0.3, 0.4) is 0 Å². The van der Waals surface area contributed by atoms with E-state index in [9.17, 15) is 9.90 Å². The van der Waals surface area contributed by atoms with Crippen molar-refractivity contribution in [1.82, 2.24) is 15.1 Å². The average molecular weight is 649 g/mol. The molecule has 5 saturated carbocycles. The molecule has 1 aromatic carbocycles. The highest BCUT2D eigenvalue weighted by Gasteiger charge is 2.51. The van der Waals surface area contributed by atoms with Crippen molar-refractivity contribution in [2.45, 2.75) is 107 Å². The van der Waals surface area contributed by atoms with Crippen molar-refractivity contribution in [2.24, 2.45) is 0 Å². The highest BCUT2D eigenvalue weighted by atomic mass is 35.5. The summed E-state index contributed by atoms with van der Waals surface area (Å²) in [5, 5.41) is 15.8. The first-order valence-corrected chi connectivity index (χ1v) is 16.9. The predicted octanol–water partition coefficient (Wildman–Crippen LogP) is 9.05. The van der Waals surface area contributed by atoms with Gasteiger partial charge in [0.15, 0.2) is 0 Å². The average Bonchev–Trinajstić information content (AvgIpc) is 3.60. The van der Waals surface area contributed by atoms with E-state index in [-0.39, 0.29) is 22.7 Å². The van der Waals surface area contributed by atoms with E-state index in [0.717, 1.165) is 94.1 Å². The van der Waals surface area contributed by atoms with Gasteiger partial charge >= 0.3 is 5.97 Å². The molecule has 2 bridgehead atoms. The number of ether oxygens (including phenoxy) is 2. The summed E-state index contributed by atoms with van der Waals surface area (Å²) in [6.07, 6.45) is 15.5. The topological polar surface area (TPSA) is 108 Å².